The van der Waals surface area contributed by atoms with Crippen molar-refractivity contribution in [3.05, 3.63) is 77.3 Å². The van der Waals surface area contributed by atoms with Gasteiger partial charge in [-0.3, -0.25) is 4.79 Å². The molecule has 4 aromatic rings. The van der Waals surface area contributed by atoms with Gasteiger partial charge in [-0.25, -0.2) is 0 Å². The number of carbonyl (C=O) groups is 1. The number of rotatable bonds is 7. The summed E-state index contributed by atoms with van der Waals surface area (Å²) in [5.74, 6) is 2.04. The van der Waals surface area contributed by atoms with Gasteiger partial charge in [-0.1, -0.05) is 30.3 Å². The number of thiophene rings is 1. The Labute approximate surface area is 165 Å². The van der Waals surface area contributed by atoms with Crippen molar-refractivity contribution in [1.29, 1.82) is 0 Å². The molecule has 6 nitrogen and oxygen atoms in total. The first kappa shape index (κ1) is 17.9. The Kier molecular flexibility index (Phi) is 5.44. The summed E-state index contributed by atoms with van der Waals surface area (Å²) in [6, 6.07) is 18.7. The van der Waals surface area contributed by atoms with Crippen LogP contribution in [0.4, 0.5) is 5.69 Å². The highest BCUT2D eigenvalue weighted by Gasteiger charge is 2.12. The molecule has 0 aliphatic heterocycles. The molecule has 7 heteroatoms. The van der Waals surface area contributed by atoms with Crippen LogP contribution >= 0.6 is 11.3 Å². The van der Waals surface area contributed by atoms with Crippen LogP contribution in [-0.4, -0.2) is 16.1 Å². The van der Waals surface area contributed by atoms with E-state index in [1.165, 1.54) is 0 Å². The van der Waals surface area contributed by atoms with Gasteiger partial charge in [0, 0.05) is 23.8 Å². The van der Waals surface area contributed by atoms with Crippen molar-refractivity contribution < 1.29 is 13.9 Å². The van der Waals surface area contributed by atoms with Crippen LogP contribution in [0.1, 0.15) is 12.3 Å². The van der Waals surface area contributed by atoms with E-state index in [2.05, 4.69) is 15.5 Å². The van der Waals surface area contributed by atoms with Crippen molar-refractivity contribution in [1.82, 2.24) is 10.2 Å². The number of anilines is 1. The third-order valence-electron chi connectivity index (χ3n) is 3.93. The highest BCUT2D eigenvalue weighted by atomic mass is 32.1. The molecular formula is C21H17N3O3S. The first-order valence-electron chi connectivity index (χ1n) is 8.75. The van der Waals surface area contributed by atoms with E-state index in [-0.39, 0.29) is 12.3 Å². The van der Waals surface area contributed by atoms with Crippen LogP contribution in [0, 0.1) is 0 Å². The highest BCUT2D eigenvalue weighted by Crippen LogP contribution is 2.29. The van der Waals surface area contributed by atoms with E-state index in [9.17, 15) is 4.79 Å². The lowest BCUT2D eigenvalue weighted by Crippen LogP contribution is -2.13. The minimum Gasteiger partial charge on any atom is -0.455 e. The molecule has 0 fully saturated rings. The lowest BCUT2D eigenvalue weighted by atomic mass is 10.2. The molecule has 0 spiro atoms. The van der Waals surface area contributed by atoms with Crippen molar-refractivity contribution >= 4 is 22.9 Å². The summed E-state index contributed by atoms with van der Waals surface area (Å²) in [6.07, 6.45) is 0.593. The van der Waals surface area contributed by atoms with Crippen LogP contribution < -0.4 is 10.1 Å². The number of aryl methyl sites for hydroxylation is 1. The van der Waals surface area contributed by atoms with Gasteiger partial charge in [0.15, 0.2) is 5.75 Å². The van der Waals surface area contributed by atoms with Gasteiger partial charge in [0.05, 0.1) is 5.69 Å². The van der Waals surface area contributed by atoms with Crippen molar-refractivity contribution in [3.8, 4) is 23.0 Å². The average Bonchev–Trinajstić information content (AvgIpc) is 3.40. The highest BCUT2D eigenvalue weighted by molar-refractivity contribution is 7.08. The molecule has 0 saturated heterocycles. The molecule has 0 saturated carbocycles. The SMILES string of the molecule is O=C(CCc1nnc(-c2ccsc2)o1)Nc1ccccc1Oc1ccccc1. The smallest absolute Gasteiger partial charge is 0.248 e. The number of carbonyl (C=O) groups excluding carboxylic acids is 1. The molecule has 28 heavy (non-hydrogen) atoms. The van der Waals surface area contributed by atoms with E-state index < -0.39 is 0 Å². The van der Waals surface area contributed by atoms with Crippen LogP contribution in [0.2, 0.25) is 0 Å². The minimum atomic E-state index is -0.153. The standard InChI is InChI=1S/C21H17N3O3S/c25-19(10-11-20-23-24-21(27-20)15-12-13-28-14-15)22-17-8-4-5-9-18(17)26-16-6-2-1-3-7-16/h1-9,12-14H,10-11H2,(H,22,25). The summed E-state index contributed by atoms with van der Waals surface area (Å²) in [5.41, 5.74) is 1.50. The number of hydrogen-bond donors (Lipinski definition) is 1. The van der Waals surface area contributed by atoms with Crippen molar-refractivity contribution in [3.63, 3.8) is 0 Å². The molecule has 0 unspecified atom stereocenters. The zero-order valence-corrected chi connectivity index (χ0v) is 15.7. The quantitative estimate of drug-likeness (QED) is 0.471. The molecule has 0 bridgehead atoms. The van der Waals surface area contributed by atoms with E-state index in [0.717, 1.165) is 5.56 Å². The number of amides is 1. The number of nitrogens with one attached hydrogen (secondary N) is 1. The topological polar surface area (TPSA) is 77.2 Å². The summed E-state index contributed by atoms with van der Waals surface area (Å²) in [5, 5.41) is 14.8. The fourth-order valence-electron chi connectivity index (χ4n) is 2.57. The maximum Gasteiger partial charge on any atom is 0.248 e. The number of para-hydroxylation sites is 3. The molecular weight excluding hydrogens is 374 g/mol. The maximum absolute atomic E-state index is 12.4. The van der Waals surface area contributed by atoms with Gasteiger partial charge >= 0.3 is 0 Å². The molecule has 0 atom stereocenters. The molecule has 2 aromatic carbocycles. The molecule has 0 aliphatic rings. The van der Waals surface area contributed by atoms with Crippen LogP contribution in [0.25, 0.3) is 11.5 Å². The normalized spacial score (nSPS) is 10.6. The zero-order valence-electron chi connectivity index (χ0n) is 14.9. The molecule has 4 rings (SSSR count). The largest absolute Gasteiger partial charge is 0.455 e. The first-order chi connectivity index (χ1) is 13.8. The van der Waals surface area contributed by atoms with Gasteiger partial charge in [0.25, 0.3) is 0 Å². The molecule has 0 radical (unpaired) electrons. The minimum absolute atomic E-state index is 0.153. The van der Waals surface area contributed by atoms with Crippen LogP contribution in [0.5, 0.6) is 11.5 Å². The molecule has 0 aliphatic carbocycles. The molecule has 140 valence electrons. The lowest BCUT2D eigenvalue weighted by molar-refractivity contribution is -0.116. The third kappa shape index (κ3) is 4.44. The summed E-state index contributed by atoms with van der Waals surface area (Å²) in [6.45, 7) is 0. The number of hydrogen-bond acceptors (Lipinski definition) is 6. The Morgan fingerprint density at radius 2 is 1.86 bits per heavy atom. The summed E-state index contributed by atoms with van der Waals surface area (Å²) in [7, 11) is 0. The van der Waals surface area contributed by atoms with Gasteiger partial charge in [-0.2, -0.15) is 11.3 Å². The number of ether oxygens (including phenoxy) is 1. The predicted octanol–water partition coefficient (Wildman–Crippen LogP) is 5.16. The lowest BCUT2D eigenvalue weighted by Gasteiger charge is -2.11. The van der Waals surface area contributed by atoms with Crippen molar-refractivity contribution in [2.24, 2.45) is 0 Å². The van der Waals surface area contributed by atoms with Gasteiger partial charge in [0.1, 0.15) is 5.75 Å². The van der Waals surface area contributed by atoms with Gasteiger partial charge < -0.3 is 14.5 Å². The van der Waals surface area contributed by atoms with E-state index in [1.54, 1.807) is 17.4 Å². The average molecular weight is 391 g/mol. The summed E-state index contributed by atoms with van der Waals surface area (Å²) >= 11 is 1.56. The number of benzene rings is 2. The van der Waals surface area contributed by atoms with Crippen LogP contribution in [-0.2, 0) is 11.2 Å². The Morgan fingerprint density at radius 3 is 2.68 bits per heavy atom. The predicted molar refractivity (Wildman–Crippen MR) is 108 cm³/mol. The molecule has 2 heterocycles. The second-order valence-electron chi connectivity index (χ2n) is 5.97. The third-order valence-corrected chi connectivity index (χ3v) is 4.62. The van der Waals surface area contributed by atoms with Gasteiger partial charge in [-0.05, 0) is 35.7 Å². The Balaban J connectivity index is 1.36. The Bertz CT molecular complexity index is 1050. The number of nitrogens with zero attached hydrogens (tertiary/aromatic N) is 2. The van der Waals surface area contributed by atoms with Crippen LogP contribution in [0.15, 0.2) is 75.8 Å². The fourth-order valence-corrected chi connectivity index (χ4v) is 3.19. The van der Waals surface area contributed by atoms with Gasteiger partial charge in [-0.15, -0.1) is 10.2 Å². The summed E-state index contributed by atoms with van der Waals surface area (Å²) in [4.78, 5) is 12.4. The number of aromatic nitrogens is 2. The second kappa shape index (κ2) is 8.49. The van der Waals surface area contributed by atoms with E-state index in [4.69, 9.17) is 9.15 Å². The van der Waals surface area contributed by atoms with Crippen LogP contribution in [0.3, 0.4) is 0 Å². The van der Waals surface area contributed by atoms with E-state index in [1.807, 2.05) is 65.4 Å². The van der Waals surface area contributed by atoms with E-state index >= 15 is 0 Å². The Morgan fingerprint density at radius 1 is 1.04 bits per heavy atom. The molecule has 2 aromatic heterocycles. The monoisotopic (exact) mass is 391 g/mol. The second-order valence-corrected chi connectivity index (χ2v) is 6.75. The van der Waals surface area contributed by atoms with E-state index in [0.29, 0.717) is 35.4 Å². The molecule has 1 amide bonds. The first-order valence-corrected chi connectivity index (χ1v) is 9.69. The Hall–Kier alpha value is -3.45. The zero-order chi connectivity index (χ0) is 19.2. The summed E-state index contributed by atoms with van der Waals surface area (Å²) < 4.78 is 11.5. The van der Waals surface area contributed by atoms with Gasteiger partial charge in [0.2, 0.25) is 17.7 Å². The van der Waals surface area contributed by atoms with Crippen molar-refractivity contribution in [2.45, 2.75) is 12.8 Å². The maximum atomic E-state index is 12.4. The molecule has 1 N–H and O–H groups in total. The van der Waals surface area contributed by atoms with Crippen molar-refractivity contribution in [2.75, 3.05) is 5.32 Å². The fraction of sp³-hybridized carbons (Fsp3) is 0.0952.